The highest BCUT2D eigenvalue weighted by Gasteiger charge is 2.12. The number of allylic oxidation sites excluding steroid dienone is 2. The summed E-state index contributed by atoms with van der Waals surface area (Å²) < 4.78 is 11.8. The summed E-state index contributed by atoms with van der Waals surface area (Å²) in [6.07, 6.45) is 4.50. The Bertz CT molecular complexity index is 1030. The molecule has 0 saturated carbocycles. The van der Waals surface area contributed by atoms with Crippen molar-refractivity contribution >= 4 is 16.5 Å². The molecule has 6 nitrogen and oxygen atoms in total. The zero-order valence-electron chi connectivity index (χ0n) is 14.7. The van der Waals surface area contributed by atoms with E-state index in [9.17, 15) is 9.59 Å². The molecular weight excluding hydrogens is 320 g/mol. The Morgan fingerprint density at radius 3 is 2.60 bits per heavy atom. The quantitative estimate of drug-likeness (QED) is 0.743. The Kier molecular flexibility index (Phi) is 4.79. The van der Waals surface area contributed by atoms with Gasteiger partial charge in [-0.3, -0.25) is 0 Å². The van der Waals surface area contributed by atoms with Crippen LogP contribution in [0.3, 0.4) is 0 Å². The van der Waals surface area contributed by atoms with Gasteiger partial charge in [-0.25, -0.2) is 14.6 Å². The molecule has 0 atom stereocenters. The molecule has 0 spiro atoms. The van der Waals surface area contributed by atoms with E-state index in [2.05, 4.69) is 31.0 Å². The maximum Gasteiger partial charge on any atom is 0.440 e. The van der Waals surface area contributed by atoms with Crippen molar-refractivity contribution in [2.45, 2.75) is 46.6 Å². The summed E-state index contributed by atoms with van der Waals surface area (Å²) in [6, 6.07) is 6.21. The van der Waals surface area contributed by atoms with Crippen LogP contribution in [-0.4, -0.2) is 9.72 Å². The summed E-state index contributed by atoms with van der Waals surface area (Å²) >= 11 is 0. The summed E-state index contributed by atoms with van der Waals surface area (Å²) in [5.41, 5.74) is 3.71. The number of hydrogen-bond donors (Lipinski definition) is 1. The van der Waals surface area contributed by atoms with Crippen LogP contribution in [0.25, 0.3) is 16.5 Å². The molecule has 3 rings (SSSR count). The SMILES string of the molecule is CC/C(=C/Cn1oc(=O)[nH]c1=O)c1ccc2c(CC)c(CC)oc2c1. The van der Waals surface area contributed by atoms with Crippen molar-refractivity contribution in [3.63, 3.8) is 0 Å². The number of hydrogen-bond acceptors (Lipinski definition) is 4. The zero-order chi connectivity index (χ0) is 18.0. The van der Waals surface area contributed by atoms with E-state index >= 15 is 0 Å². The van der Waals surface area contributed by atoms with Crippen LogP contribution in [0.2, 0.25) is 0 Å². The molecule has 0 unspecified atom stereocenters. The third kappa shape index (κ3) is 3.24. The van der Waals surface area contributed by atoms with Crippen molar-refractivity contribution in [1.29, 1.82) is 0 Å². The molecule has 1 N–H and O–H groups in total. The number of aromatic amines is 1. The number of nitrogens with zero attached hydrogens (tertiary/aromatic N) is 1. The molecule has 0 amide bonds. The summed E-state index contributed by atoms with van der Waals surface area (Å²) in [5, 5.41) is 1.16. The van der Waals surface area contributed by atoms with Gasteiger partial charge >= 0.3 is 11.4 Å². The molecule has 0 aliphatic heterocycles. The third-order valence-corrected chi connectivity index (χ3v) is 4.43. The Morgan fingerprint density at radius 2 is 2.00 bits per heavy atom. The number of benzene rings is 1. The number of aromatic nitrogens is 2. The summed E-state index contributed by atoms with van der Waals surface area (Å²) in [6.45, 7) is 6.48. The van der Waals surface area contributed by atoms with Gasteiger partial charge in [0.05, 0.1) is 6.54 Å². The lowest BCUT2D eigenvalue weighted by Crippen LogP contribution is -2.16. The number of aryl methyl sites for hydroxylation is 2. The van der Waals surface area contributed by atoms with Crippen LogP contribution < -0.4 is 11.4 Å². The first-order chi connectivity index (χ1) is 12.1. The van der Waals surface area contributed by atoms with Gasteiger partial charge in [0.15, 0.2) is 0 Å². The summed E-state index contributed by atoms with van der Waals surface area (Å²) in [7, 11) is 0. The van der Waals surface area contributed by atoms with Crippen molar-refractivity contribution in [2.24, 2.45) is 0 Å². The highest BCUT2D eigenvalue weighted by molar-refractivity contribution is 5.86. The lowest BCUT2D eigenvalue weighted by atomic mass is 10.00. The number of furan rings is 1. The highest BCUT2D eigenvalue weighted by atomic mass is 16.5. The lowest BCUT2D eigenvalue weighted by molar-refractivity contribution is 0.261. The van der Waals surface area contributed by atoms with Gasteiger partial charge in [0.2, 0.25) is 0 Å². The maximum atomic E-state index is 11.5. The lowest BCUT2D eigenvalue weighted by Gasteiger charge is -2.05. The summed E-state index contributed by atoms with van der Waals surface area (Å²) in [5.74, 6) is 0.296. The minimum Gasteiger partial charge on any atom is -0.461 e. The Labute approximate surface area is 144 Å². The van der Waals surface area contributed by atoms with Crippen molar-refractivity contribution in [2.75, 3.05) is 0 Å². The number of rotatable bonds is 6. The van der Waals surface area contributed by atoms with Crippen molar-refractivity contribution in [1.82, 2.24) is 9.72 Å². The van der Waals surface area contributed by atoms with Crippen LogP contribution in [0.15, 0.2) is 42.8 Å². The van der Waals surface area contributed by atoms with E-state index < -0.39 is 11.4 Å². The first-order valence-electron chi connectivity index (χ1n) is 8.61. The Balaban J connectivity index is 1.97. The number of nitrogens with one attached hydrogen (secondary N) is 1. The maximum absolute atomic E-state index is 11.5. The molecule has 0 radical (unpaired) electrons. The monoisotopic (exact) mass is 342 g/mol. The van der Waals surface area contributed by atoms with E-state index in [1.54, 1.807) is 0 Å². The fraction of sp³-hybridized carbons (Fsp3) is 0.368. The molecule has 132 valence electrons. The van der Waals surface area contributed by atoms with Crippen LogP contribution in [-0.2, 0) is 19.4 Å². The van der Waals surface area contributed by atoms with Gasteiger partial charge in [0.1, 0.15) is 11.3 Å². The molecule has 3 aromatic rings. The minimum absolute atomic E-state index is 0.206. The molecule has 0 aliphatic rings. The van der Waals surface area contributed by atoms with E-state index in [0.29, 0.717) is 0 Å². The second-order valence-corrected chi connectivity index (χ2v) is 5.87. The first kappa shape index (κ1) is 17.1. The highest BCUT2D eigenvalue weighted by Crippen LogP contribution is 2.30. The molecule has 0 saturated heterocycles. The Morgan fingerprint density at radius 1 is 1.20 bits per heavy atom. The van der Waals surface area contributed by atoms with E-state index in [1.807, 2.05) is 19.1 Å². The fourth-order valence-electron chi connectivity index (χ4n) is 3.17. The second kappa shape index (κ2) is 7.01. The average molecular weight is 342 g/mol. The molecule has 2 aromatic heterocycles. The molecule has 0 bridgehead atoms. The van der Waals surface area contributed by atoms with Gasteiger partial charge < -0.3 is 8.94 Å². The van der Waals surface area contributed by atoms with Crippen LogP contribution in [0.1, 0.15) is 44.1 Å². The van der Waals surface area contributed by atoms with Gasteiger partial charge in [0, 0.05) is 17.4 Å². The van der Waals surface area contributed by atoms with Crippen LogP contribution in [0.5, 0.6) is 0 Å². The van der Waals surface area contributed by atoms with Gasteiger partial charge in [-0.05, 0) is 30.0 Å². The van der Waals surface area contributed by atoms with Crippen LogP contribution in [0, 0.1) is 0 Å². The van der Waals surface area contributed by atoms with Crippen molar-refractivity contribution in [3.05, 3.63) is 62.2 Å². The second-order valence-electron chi connectivity index (χ2n) is 5.87. The number of fused-ring (bicyclic) bond motifs is 1. The molecule has 0 fully saturated rings. The predicted molar refractivity (Wildman–Crippen MR) is 96.8 cm³/mol. The normalized spacial score (nSPS) is 12.2. The van der Waals surface area contributed by atoms with Gasteiger partial charge in [-0.1, -0.05) is 39.0 Å². The fourth-order valence-corrected chi connectivity index (χ4v) is 3.17. The predicted octanol–water partition coefficient (Wildman–Crippen LogP) is 3.49. The molecule has 2 heterocycles. The molecule has 25 heavy (non-hydrogen) atoms. The first-order valence-corrected chi connectivity index (χ1v) is 8.61. The van der Waals surface area contributed by atoms with E-state index in [0.717, 1.165) is 51.9 Å². The largest absolute Gasteiger partial charge is 0.461 e. The van der Waals surface area contributed by atoms with Gasteiger partial charge in [-0.15, -0.1) is 4.74 Å². The molecule has 0 aliphatic carbocycles. The summed E-state index contributed by atoms with van der Waals surface area (Å²) in [4.78, 5) is 24.7. The standard InChI is InChI=1S/C19H22N2O4/c1-4-12(9-10-21-18(22)20-19(23)25-21)13-7-8-15-14(5-2)16(6-3)24-17(15)11-13/h7-9,11H,4-6,10H2,1-3H3,(H,20,22,23)/b12-9-. The smallest absolute Gasteiger partial charge is 0.440 e. The minimum atomic E-state index is -0.743. The number of H-pyrrole nitrogens is 1. The van der Waals surface area contributed by atoms with Crippen molar-refractivity contribution in [3.8, 4) is 0 Å². The molecule has 6 heteroatoms. The van der Waals surface area contributed by atoms with Crippen LogP contribution in [0.4, 0.5) is 0 Å². The van der Waals surface area contributed by atoms with Gasteiger partial charge in [-0.2, -0.15) is 0 Å². The third-order valence-electron chi connectivity index (χ3n) is 4.43. The van der Waals surface area contributed by atoms with E-state index in [-0.39, 0.29) is 6.54 Å². The zero-order valence-corrected chi connectivity index (χ0v) is 14.7. The average Bonchev–Trinajstić information content (AvgIpc) is 3.13. The van der Waals surface area contributed by atoms with E-state index in [1.165, 1.54) is 5.56 Å². The van der Waals surface area contributed by atoms with E-state index in [4.69, 9.17) is 8.94 Å². The van der Waals surface area contributed by atoms with Crippen molar-refractivity contribution < 1.29 is 8.94 Å². The topological polar surface area (TPSA) is 81.1 Å². The Hall–Kier alpha value is -2.76. The molecule has 1 aromatic carbocycles. The van der Waals surface area contributed by atoms with Gasteiger partial charge in [0.25, 0.3) is 0 Å². The molecular formula is C19H22N2O4. The van der Waals surface area contributed by atoms with Crippen LogP contribution >= 0.6 is 0 Å².